The van der Waals surface area contributed by atoms with Gasteiger partial charge in [-0.25, -0.2) is 8.42 Å². The highest BCUT2D eigenvalue weighted by atomic mass is 32.2. The summed E-state index contributed by atoms with van der Waals surface area (Å²) in [5.41, 5.74) is 6.30. The number of nitrogens with two attached hydrogens (primary N) is 1. The first kappa shape index (κ1) is 13.5. The largest absolute Gasteiger partial charge is 0.384 e. The molecule has 1 aromatic rings. The standard InChI is InChI=1S/C11H17N3O2S/c1-3-8-17(15,16)14(2)10-7-5-4-6-9(10)11(12)13/h4-7H,3,8H2,1-2H3,(H3,12,13). The molecule has 0 aliphatic carbocycles. The summed E-state index contributed by atoms with van der Waals surface area (Å²) >= 11 is 0. The third-order valence-corrected chi connectivity index (χ3v) is 4.37. The van der Waals surface area contributed by atoms with E-state index in [4.69, 9.17) is 11.1 Å². The Morgan fingerprint density at radius 3 is 2.53 bits per heavy atom. The molecule has 3 N–H and O–H groups in total. The normalized spacial score (nSPS) is 11.2. The zero-order valence-corrected chi connectivity index (χ0v) is 10.8. The van der Waals surface area contributed by atoms with Crippen LogP contribution in [0.2, 0.25) is 0 Å². The number of nitrogen functional groups attached to an aromatic ring is 1. The second-order valence-electron chi connectivity index (χ2n) is 3.71. The van der Waals surface area contributed by atoms with Gasteiger partial charge < -0.3 is 5.73 Å². The van der Waals surface area contributed by atoms with Gasteiger partial charge in [0.2, 0.25) is 10.0 Å². The monoisotopic (exact) mass is 255 g/mol. The molecular weight excluding hydrogens is 238 g/mol. The van der Waals surface area contributed by atoms with Gasteiger partial charge in [-0.15, -0.1) is 0 Å². The van der Waals surface area contributed by atoms with Crippen LogP contribution >= 0.6 is 0 Å². The SMILES string of the molecule is CCCS(=O)(=O)N(C)c1ccccc1C(=N)N. The van der Waals surface area contributed by atoms with E-state index in [1.807, 2.05) is 6.92 Å². The summed E-state index contributed by atoms with van der Waals surface area (Å²) in [5, 5.41) is 7.43. The molecule has 0 amide bonds. The summed E-state index contributed by atoms with van der Waals surface area (Å²) in [7, 11) is -1.86. The molecule has 0 saturated heterocycles. The molecule has 1 aromatic carbocycles. The van der Waals surface area contributed by atoms with Crippen molar-refractivity contribution in [1.82, 2.24) is 0 Å². The third-order valence-electron chi connectivity index (χ3n) is 2.41. The van der Waals surface area contributed by atoms with Gasteiger partial charge in [0, 0.05) is 12.6 Å². The van der Waals surface area contributed by atoms with Crippen LogP contribution in [-0.2, 0) is 10.0 Å². The van der Waals surface area contributed by atoms with E-state index in [2.05, 4.69) is 0 Å². The van der Waals surface area contributed by atoms with Gasteiger partial charge in [0.25, 0.3) is 0 Å². The molecule has 0 atom stereocenters. The number of sulfonamides is 1. The molecule has 0 spiro atoms. The number of benzene rings is 1. The number of anilines is 1. The Kier molecular flexibility index (Phi) is 4.11. The van der Waals surface area contributed by atoms with Gasteiger partial charge >= 0.3 is 0 Å². The topological polar surface area (TPSA) is 87.2 Å². The van der Waals surface area contributed by atoms with Crippen molar-refractivity contribution in [3.8, 4) is 0 Å². The molecule has 0 saturated carbocycles. The minimum Gasteiger partial charge on any atom is -0.384 e. The molecule has 94 valence electrons. The molecule has 0 aliphatic heterocycles. The maximum atomic E-state index is 11.9. The van der Waals surface area contributed by atoms with E-state index in [1.54, 1.807) is 24.3 Å². The lowest BCUT2D eigenvalue weighted by Crippen LogP contribution is -2.30. The summed E-state index contributed by atoms with van der Waals surface area (Å²) in [6.45, 7) is 1.81. The Balaban J connectivity index is 3.21. The van der Waals surface area contributed by atoms with Gasteiger partial charge in [0.05, 0.1) is 11.4 Å². The molecule has 0 heterocycles. The van der Waals surface area contributed by atoms with E-state index in [9.17, 15) is 8.42 Å². The first-order chi connectivity index (χ1) is 7.90. The lowest BCUT2D eigenvalue weighted by atomic mass is 10.1. The van der Waals surface area contributed by atoms with Crippen LogP contribution in [0.3, 0.4) is 0 Å². The summed E-state index contributed by atoms with van der Waals surface area (Å²) in [6, 6.07) is 6.72. The van der Waals surface area contributed by atoms with Crippen LogP contribution in [0.15, 0.2) is 24.3 Å². The molecule has 0 unspecified atom stereocenters. The molecule has 6 heteroatoms. The van der Waals surface area contributed by atoms with Crippen LogP contribution in [0.1, 0.15) is 18.9 Å². The number of hydrogen-bond donors (Lipinski definition) is 2. The summed E-state index contributed by atoms with van der Waals surface area (Å²) in [5.74, 6) is -0.0606. The average Bonchev–Trinajstić information content (AvgIpc) is 2.28. The van der Waals surface area contributed by atoms with E-state index < -0.39 is 10.0 Å². The van der Waals surface area contributed by atoms with E-state index in [-0.39, 0.29) is 11.6 Å². The van der Waals surface area contributed by atoms with Crippen LogP contribution in [0.5, 0.6) is 0 Å². The van der Waals surface area contributed by atoms with Crippen molar-refractivity contribution in [2.75, 3.05) is 17.1 Å². The van der Waals surface area contributed by atoms with Crippen molar-refractivity contribution in [3.05, 3.63) is 29.8 Å². The lowest BCUT2D eigenvalue weighted by Gasteiger charge is -2.21. The molecule has 0 bridgehead atoms. The fraction of sp³-hybridized carbons (Fsp3) is 0.364. The average molecular weight is 255 g/mol. The number of hydrogen-bond acceptors (Lipinski definition) is 3. The predicted octanol–water partition coefficient (Wildman–Crippen LogP) is 1.15. The summed E-state index contributed by atoms with van der Waals surface area (Å²) < 4.78 is 25.0. The number of para-hydroxylation sites is 1. The van der Waals surface area contributed by atoms with Crippen molar-refractivity contribution in [2.24, 2.45) is 5.73 Å². The fourth-order valence-electron chi connectivity index (χ4n) is 1.52. The molecule has 0 fully saturated rings. The second-order valence-corrected chi connectivity index (χ2v) is 5.83. The van der Waals surface area contributed by atoms with Crippen LogP contribution in [0.4, 0.5) is 5.69 Å². The zero-order chi connectivity index (χ0) is 13.1. The van der Waals surface area contributed by atoms with E-state index in [1.165, 1.54) is 11.4 Å². The predicted molar refractivity (Wildman–Crippen MR) is 69.9 cm³/mol. The van der Waals surface area contributed by atoms with Crippen LogP contribution in [0, 0.1) is 5.41 Å². The van der Waals surface area contributed by atoms with Crippen LogP contribution in [0.25, 0.3) is 0 Å². The molecule has 0 aromatic heterocycles. The molecular formula is C11H17N3O2S. The first-order valence-corrected chi connectivity index (χ1v) is 6.91. The Bertz CT molecular complexity index is 511. The summed E-state index contributed by atoms with van der Waals surface area (Å²) in [4.78, 5) is 0. The van der Waals surface area contributed by atoms with Gasteiger partial charge in [-0.05, 0) is 18.6 Å². The fourth-order valence-corrected chi connectivity index (χ4v) is 2.77. The van der Waals surface area contributed by atoms with Crippen molar-refractivity contribution in [1.29, 1.82) is 5.41 Å². The minimum absolute atomic E-state index is 0.0791. The van der Waals surface area contributed by atoms with Crippen molar-refractivity contribution < 1.29 is 8.42 Å². The van der Waals surface area contributed by atoms with Gasteiger partial charge in [-0.1, -0.05) is 19.1 Å². The van der Waals surface area contributed by atoms with Gasteiger partial charge in [-0.2, -0.15) is 0 Å². The third kappa shape index (κ3) is 2.97. The number of nitrogens with zero attached hydrogens (tertiary/aromatic N) is 1. The van der Waals surface area contributed by atoms with Crippen molar-refractivity contribution >= 4 is 21.5 Å². The highest BCUT2D eigenvalue weighted by molar-refractivity contribution is 7.92. The maximum absolute atomic E-state index is 11.9. The van der Waals surface area contributed by atoms with Crippen molar-refractivity contribution in [2.45, 2.75) is 13.3 Å². The van der Waals surface area contributed by atoms with E-state index >= 15 is 0 Å². The Labute approximate surface area is 102 Å². The van der Waals surface area contributed by atoms with Crippen LogP contribution < -0.4 is 10.0 Å². The minimum atomic E-state index is -3.34. The van der Waals surface area contributed by atoms with E-state index in [0.717, 1.165) is 0 Å². The molecule has 0 aliphatic rings. The van der Waals surface area contributed by atoms with Crippen LogP contribution in [-0.4, -0.2) is 27.1 Å². The number of amidine groups is 1. The highest BCUT2D eigenvalue weighted by Gasteiger charge is 2.20. The molecule has 17 heavy (non-hydrogen) atoms. The molecule has 1 rings (SSSR count). The Morgan fingerprint density at radius 1 is 1.41 bits per heavy atom. The second kappa shape index (κ2) is 5.18. The maximum Gasteiger partial charge on any atom is 0.234 e. The number of nitrogens with one attached hydrogen (secondary N) is 1. The smallest absolute Gasteiger partial charge is 0.234 e. The summed E-state index contributed by atoms with van der Waals surface area (Å²) in [6.07, 6.45) is 0.551. The van der Waals surface area contributed by atoms with Gasteiger partial charge in [-0.3, -0.25) is 9.71 Å². The Morgan fingerprint density at radius 2 is 2.00 bits per heavy atom. The van der Waals surface area contributed by atoms with Gasteiger partial charge in [0.1, 0.15) is 5.84 Å². The number of rotatable bonds is 5. The highest BCUT2D eigenvalue weighted by Crippen LogP contribution is 2.21. The lowest BCUT2D eigenvalue weighted by molar-refractivity contribution is 0.593. The van der Waals surface area contributed by atoms with Gasteiger partial charge in [0.15, 0.2) is 0 Å². The molecule has 5 nitrogen and oxygen atoms in total. The zero-order valence-electron chi connectivity index (χ0n) is 9.97. The molecule has 0 radical (unpaired) electrons. The van der Waals surface area contributed by atoms with Crippen molar-refractivity contribution in [3.63, 3.8) is 0 Å². The Hall–Kier alpha value is -1.56. The first-order valence-electron chi connectivity index (χ1n) is 5.30. The van der Waals surface area contributed by atoms with E-state index in [0.29, 0.717) is 17.7 Å². The quantitative estimate of drug-likeness (QED) is 0.611.